The predicted molar refractivity (Wildman–Crippen MR) is 93.8 cm³/mol. The van der Waals surface area contributed by atoms with Gasteiger partial charge in [-0.2, -0.15) is 26.3 Å². The Hall–Kier alpha value is -0.850. The fourth-order valence-electron chi connectivity index (χ4n) is 1.77. The van der Waals surface area contributed by atoms with Gasteiger partial charge in [-0.3, -0.25) is 4.79 Å². The van der Waals surface area contributed by atoms with Crippen LogP contribution in [0.5, 0.6) is 0 Å². The van der Waals surface area contributed by atoms with Gasteiger partial charge < -0.3 is 5.32 Å². The number of amides is 1. The highest BCUT2D eigenvalue weighted by molar-refractivity contribution is 14.1. The van der Waals surface area contributed by atoms with Crippen LogP contribution in [0.1, 0.15) is 23.2 Å². The van der Waals surface area contributed by atoms with E-state index in [1.54, 1.807) is 12.1 Å². The zero-order chi connectivity index (χ0) is 20.2. The van der Waals surface area contributed by atoms with Crippen molar-refractivity contribution in [1.82, 2.24) is 5.32 Å². The summed E-state index contributed by atoms with van der Waals surface area (Å²) in [6.45, 7) is 0.00651. The van der Waals surface area contributed by atoms with E-state index in [-0.39, 0.29) is 19.4 Å². The molecule has 0 radical (unpaired) electrons. The summed E-state index contributed by atoms with van der Waals surface area (Å²) in [6.07, 6.45) is -12.9. The van der Waals surface area contributed by atoms with Crippen molar-refractivity contribution in [2.75, 3.05) is 6.54 Å². The predicted octanol–water partition coefficient (Wildman–Crippen LogP) is 6.11. The Morgan fingerprint density at radius 3 is 2.00 bits per heavy atom. The monoisotopic (exact) mass is 561 g/mol. The third-order valence-corrected chi connectivity index (χ3v) is 4.54. The van der Waals surface area contributed by atoms with Crippen molar-refractivity contribution >= 4 is 44.4 Å². The lowest BCUT2D eigenvalue weighted by molar-refractivity contribution is -0.322. The summed E-state index contributed by atoms with van der Waals surface area (Å²) in [4.78, 5) is 11.8. The van der Waals surface area contributed by atoms with Gasteiger partial charge in [0, 0.05) is 16.6 Å². The number of allylic oxidation sites excluding steroid dienone is 2. The number of carbonyl (C=O) groups is 1. The second-order valence-electron chi connectivity index (χ2n) is 5.16. The summed E-state index contributed by atoms with van der Waals surface area (Å²) in [5, 5.41) is 2.47. The minimum Gasteiger partial charge on any atom is -0.352 e. The molecule has 1 aromatic rings. The Morgan fingerprint density at radius 2 is 1.54 bits per heavy atom. The Labute approximate surface area is 166 Å². The molecule has 1 rings (SSSR count). The quantitative estimate of drug-likeness (QED) is 0.253. The van der Waals surface area contributed by atoms with Crippen LogP contribution in [0.15, 0.2) is 38.4 Å². The summed E-state index contributed by atoms with van der Waals surface area (Å²) in [5.41, 5.74) is -5.06. The van der Waals surface area contributed by atoms with E-state index in [9.17, 15) is 35.5 Å². The number of hydrogen-bond donors (Lipinski definition) is 1. The number of hydrogen-bond acceptors (Lipinski definition) is 1. The summed E-state index contributed by atoms with van der Waals surface area (Å²) in [6, 6.07) is 6.34. The minimum atomic E-state index is -6.11. The molecule has 0 bridgehead atoms. The largest absolute Gasteiger partial charge is 0.435 e. The molecule has 1 N–H and O–H groups in total. The summed E-state index contributed by atoms with van der Waals surface area (Å²) in [7, 11) is 0. The van der Waals surface area contributed by atoms with Crippen LogP contribution in [0, 0.1) is 0 Å². The molecule has 1 amide bonds. The van der Waals surface area contributed by atoms with Crippen LogP contribution in [0.2, 0.25) is 0 Å². The molecule has 1 aromatic carbocycles. The number of halogens is 9. The van der Waals surface area contributed by atoms with Gasteiger partial charge in [-0.05, 0) is 69.4 Å². The first-order chi connectivity index (χ1) is 11.8. The van der Waals surface area contributed by atoms with Crippen molar-refractivity contribution in [3.05, 3.63) is 44.0 Å². The van der Waals surface area contributed by atoms with E-state index >= 15 is 0 Å². The highest BCUT2D eigenvalue weighted by Gasteiger charge is 2.71. The Kier molecular flexibility index (Phi) is 7.93. The normalized spacial score (nSPS) is 13.7. The van der Waals surface area contributed by atoms with Gasteiger partial charge in [-0.25, -0.2) is 4.39 Å². The Morgan fingerprint density at radius 1 is 1.04 bits per heavy atom. The fourth-order valence-corrected chi connectivity index (χ4v) is 2.85. The fraction of sp³-hybridized carbons (Fsp3) is 0.400. The maximum Gasteiger partial charge on any atom is 0.435 e. The van der Waals surface area contributed by atoms with Gasteiger partial charge in [0.1, 0.15) is 0 Å². The van der Waals surface area contributed by atoms with E-state index in [4.69, 9.17) is 0 Å². The number of rotatable bonds is 6. The van der Waals surface area contributed by atoms with E-state index in [1.165, 1.54) is 34.7 Å². The van der Waals surface area contributed by atoms with E-state index in [0.717, 1.165) is 4.47 Å². The third-order valence-electron chi connectivity index (χ3n) is 3.16. The van der Waals surface area contributed by atoms with Gasteiger partial charge in [0.15, 0.2) is 0 Å². The summed E-state index contributed by atoms with van der Waals surface area (Å²) >= 11 is 4.42. The van der Waals surface area contributed by atoms with Crippen LogP contribution in [-0.2, 0) is 0 Å². The SMILES string of the molecule is O=C(NCCCC(I)=CC(F)(C(F)(F)F)C(F)(F)F)c1ccc(Br)cc1. The van der Waals surface area contributed by atoms with Crippen LogP contribution in [0.4, 0.5) is 30.7 Å². The van der Waals surface area contributed by atoms with E-state index in [1.807, 2.05) is 0 Å². The molecule has 0 aliphatic carbocycles. The maximum absolute atomic E-state index is 13.5. The maximum atomic E-state index is 13.5. The number of alkyl halides is 7. The zero-order valence-corrected chi connectivity index (χ0v) is 16.6. The van der Waals surface area contributed by atoms with Crippen LogP contribution >= 0.6 is 38.5 Å². The molecule has 0 fully saturated rings. The van der Waals surface area contributed by atoms with Crippen molar-refractivity contribution in [1.29, 1.82) is 0 Å². The summed E-state index contributed by atoms with van der Waals surface area (Å²) < 4.78 is 88.7. The molecule has 0 aromatic heterocycles. The Balaban J connectivity index is 2.62. The van der Waals surface area contributed by atoms with Crippen LogP contribution in [0.25, 0.3) is 0 Å². The summed E-state index contributed by atoms with van der Waals surface area (Å²) in [5.74, 6) is -0.443. The average molecular weight is 562 g/mol. The molecule has 26 heavy (non-hydrogen) atoms. The van der Waals surface area contributed by atoms with Crippen molar-refractivity contribution in [2.45, 2.75) is 30.9 Å². The van der Waals surface area contributed by atoms with Gasteiger partial charge in [0.2, 0.25) is 0 Å². The van der Waals surface area contributed by atoms with Crippen molar-refractivity contribution in [3.63, 3.8) is 0 Å². The first-order valence-corrected chi connectivity index (χ1v) is 8.88. The molecule has 11 heteroatoms. The molecule has 0 saturated carbocycles. The standard InChI is InChI=1S/C15H12BrF7INO/c16-10-5-3-9(4-6-10)12(26)25-7-1-2-11(24)8-13(17,14(18,19)20)15(21,22)23/h3-6,8H,1-2,7H2,(H,25,26). The van der Waals surface area contributed by atoms with Gasteiger partial charge >= 0.3 is 18.0 Å². The molecular formula is C15H12BrF7INO. The lowest BCUT2D eigenvalue weighted by atomic mass is 10.0. The highest BCUT2D eigenvalue weighted by Crippen LogP contribution is 2.48. The lowest BCUT2D eigenvalue weighted by Gasteiger charge is -2.27. The average Bonchev–Trinajstić information content (AvgIpc) is 2.49. The molecule has 0 aliphatic heterocycles. The zero-order valence-electron chi connectivity index (χ0n) is 12.8. The van der Waals surface area contributed by atoms with Crippen molar-refractivity contribution < 1.29 is 35.5 Å². The van der Waals surface area contributed by atoms with Crippen LogP contribution in [-0.4, -0.2) is 30.5 Å². The number of carbonyl (C=O) groups excluding carboxylic acids is 1. The van der Waals surface area contributed by atoms with E-state index < -0.39 is 33.6 Å². The van der Waals surface area contributed by atoms with Crippen molar-refractivity contribution in [3.8, 4) is 0 Å². The molecule has 2 nitrogen and oxygen atoms in total. The molecule has 0 aliphatic rings. The van der Waals surface area contributed by atoms with E-state index in [2.05, 4.69) is 21.2 Å². The van der Waals surface area contributed by atoms with Gasteiger partial charge in [-0.1, -0.05) is 15.9 Å². The molecule has 0 heterocycles. The molecule has 0 saturated heterocycles. The van der Waals surface area contributed by atoms with Gasteiger partial charge in [-0.15, -0.1) is 0 Å². The second kappa shape index (κ2) is 8.89. The molecule has 0 spiro atoms. The van der Waals surface area contributed by atoms with E-state index in [0.29, 0.717) is 5.56 Å². The first-order valence-electron chi connectivity index (χ1n) is 7.01. The topological polar surface area (TPSA) is 29.1 Å². The van der Waals surface area contributed by atoms with Gasteiger partial charge in [0.05, 0.1) is 0 Å². The molecular weight excluding hydrogens is 550 g/mol. The minimum absolute atomic E-state index is 0.00651. The first kappa shape index (κ1) is 23.2. The number of nitrogens with one attached hydrogen (secondary N) is 1. The van der Waals surface area contributed by atoms with Gasteiger partial charge in [0.25, 0.3) is 5.91 Å². The molecule has 146 valence electrons. The van der Waals surface area contributed by atoms with Crippen molar-refractivity contribution in [2.24, 2.45) is 0 Å². The lowest BCUT2D eigenvalue weighted by Crippen LogP contribution is -2.51. The second-order valence-corrected chi connectivity index (χ2v) is 7.47. The molecule has 0 atom stereocenters. The highest BCUT2D eigenvalue weighted by atomic mass is 127. The Bertz CT molecular complexity index is 641. The smallest absolute Gasteiger partial charge is 0.352 e. The van der Waals surface area contributed by atoms with Crippen LogP contribution in [0.3, 0.4) is 0 Å². The third kappa shape index (κ3) is 6.10. The number of benzene rings is 1. The van der Waals surface area contributed by atoms with Crippen LogP contribution < -0.4 is 5.32 Å². The molecule has 0 unspecified atom stereocenters.